The van der Waals surface area contributed by atoms with Gasteiger partial charge in [0.15, 0.2) is 5.75 Å². The number of ether oxygens (including phenoxy) is 2. The number of hydrogen-bond acceptors (Lipinski definition) is 6. The third-order valence-corrected chi connectivity index (χ3v) is 5.87. The van der Waals surface area contributed by atoms with Crippen LogP contribution in [0.3, 0.4) is 0 Å². The number of anilines is 1. The summed E-state index contributed by atoms with van der Waals surface area (Å²) in [4.78, 5) is 46.3. The molecule has 1 N–H and O–H groups in total. The van der Waals surface area contributed by atoms with Gasteiger partial charge in [0, 0.05) is 43.5 Å². The summed E-state index contributed by atoms with van der Waals surface area (Å²) in [5.74, 6) is -0.353. The Labute approximate surface area is 212 Å². The van der Waals surface area contributed by atoms with Gasteiger partial charge in [-0.2, -0.15) is 0 Å². The molecule has 0 spiro atoms. The molecule has 2 aromatic rings. The molecule has 0 fully saturated rings. The second kappa shape index (κ2) is 11.0. The van der Waals surface area contributed by atoms with Crippen molar-refractivity contribution in [2.24, 2.45) is 5.92 Å². The Balaban J connectivity index is 1.98. The molecular weight excluding hydrogens is 460 g/mol. The van der Waals surface area contributed by atoms with Crippen LogP contribution in [0.15, 0.2) is 42.7 Å². The zero-order valence-corrected chi connectivity index (χ0v) is 22.1. The fourth-order valence-electron chi connectivity index (χ4n) is 3.91. The molecule has 194 valence electrons. The molecule has 0 bridgehead atoms. The van der Waals surface area contributed by atoms with E-state index in [1.807, 2.05) is 41.5 Å². The summed E-state index contributed by atoms with van der Waals surface area (Å²) in [7, 11) is 1.66. The van der Waals surface area contributed by atoms with E-state index in [1.54, 1.807) is 42.3 Å². The van der Waals surface area contributed by atoms with Gasteiger partial charge < -0.3 is 24.6 Å². The molecule has 0 unspecified atom stereocenters. The number of carbonyl (C=O) groups is 3. The Morgan fingerprint density at radius 1 is 1.22 bits per heavy atom. The molecule has 0 radical (unpaired) electrons. The number of benzene rings is 1. The van der Waals surface area contributed by atoms with E-state index in [0.29, 0.717) is 23.4 Å². The molecule has 1 aromatic heterocycles. The van der Waals surface area contributed by atoms with Crippen molar-refractivity contribution in [3.63, 3.8) is 0 Å². The van der Waals surface area contributed by atoms with E-state index in [-0.39, 0.29) is 36.1 Å². The van der Waals surface area contributed by atoms with Crippen LogP contribution in [-0.4, -0.2) is 70.6 Å². The number of rotatable bonds is 5. The van der Waals surface area contributed by atoms with E-state index in [4.69, 9.17) is 9.47 Å². The van der Waals surface area contributed by atoms with Crippen molar-refractivity contribution in [1.82, 2.24) is 14.8 Å². The van der Waals surface area contributed by atoms with E-state index in [2.05, 4.69) is 10.3 Å². The van der Waals surface area contributed by atoms with E-state index in [1.165, 1.54) is 17.3 Å². The normalized spacial score (nSPS) is 18.0. The van der Waals surface area contributed by atoms with Crippen molar-refractivity contribution in [2.75, 3.05) is 25.5 Å². The summed E-state index contributed by atoms with van der Waals surface area (Å²) >= 11 is 0. The first-order chi connectivity index (χ1) is 16.9. The van der Waals surface area contributed by atoms with Crippen LogP contribution in [-0.2, 0) is 4.74 Å². The van der Waals surface area contributed by atoms with Gasteiger partial charge in [-0.1, -0.05) is 13.0 Å². The van der Waals surface area contributed by atoms with Gasteiger partial charge in [-0.3, -0.25) is 14.6 Å². The molecular formula is C27H36N4O5. The summed E-state index contributed by atoms with van der Waals surface area (Å²) in [5.41, 5.74) is 0.535. The number of amides is 3. The lowest BCUT2D eigenvalue weighted by atomic mass is 9.99. The first kappa shape index (κ1) is 27.0. The van der Waals surface area contributed by atoms with Gasteiger partial charge in [0.25, 0.3) is 11.8 Å². The molecule has 2 atom stereocenters. The summed E-state index contributed by atoms with van der Waals surface area (Å²) < 4.78 is 12.0. The van der Waals surface area contributed by atoms with Crippen molar-refractivity contribution in [3.05, 3.63) is 53.9 Å². The Kier molecular flexibility index (Phi) is 8.22. The average molecular weight is 497 g/mol. The third-order valence-electron chi connectivity index (χ3n) is 5.87. The summed E-state index contributed by atoms with van der Waals surface area (Å²) in [6.45, 7) is 12.0. The SMILES string of the molecule is CC(C)N1C[C@H](C)[C@@H](CN(C)C(=O)OC(C)(C)C)Oc2c(NC(=O)c3ccncc3)cccc2C1=O. The van der Waals surface area contributed by atoms with Gasteiger partial charge >= 0.3 is 6.09 Å². The summed E-state index contributed by atoms with van der Waals surface area (Å²) in [6, 6.07) is 8.27. The highest BCUT2D eigenvalue weighted by Crippen LogP contribution is 2.35. The summed E-state index contributed by atoms with van der Waals surface area (Å²) in [6.07, 6.45) is 2.15. The first-order valence-electron chi connectivity index (χ1n) is 12.1. The predicted octanol–water partition coefficient (Wildman–Crippen LogP) is 4.45. The summed E-state index contributed by atoms with van der Waals surface area (Å²) in [5, 5.41) is 2.87. The number of pyridine rings is 1. The van der Waals surface area contributed by atoms with Crippen molar-refractivity contribution in [3.8, 4) is 5.75 Å². The minimum absolute atomic E-state index is 0.0507. The van der Waals surface area contributed by atoms with Crippen LogP contribution in [0.5, 0.6) is 5.75 Å². The van der Waals surface area contributed by atoms with Gasteiger partial charge in [-0.25, -0.2) is 4.79 Å². The quantitative estimate of drug-likeness (QED) is 0.656. The highest BCUT2D eigenvalue weighted by Gasteiger charge is 2.35. The molecule has 9 nitrogen and oxygen atoms in total. The number of likely N-dealkylation sites (N-methyl/N-ethyl adjacent to an activating group) is 1. The maximum Gasteiger partial charge on any atom is 0.410 e. The number of para-hydroxylation sites is 1. The Hall–Kier alpha value is -3.62. The zero-order chi connectivity index (χ0) is 26.6. The molecule has 2 heterocycles. The third kappa shape index (κ3) is 6.53. The number of nitrogens with zero attached hydrogens (tertiary/aromatic N) is 3. The van der Waals surface area contributed by atoms with E-state index in [0.717, 1.165) is 0 Å². The van der Waals surface area contributed by atoms with Crippen molar-refractivity contribution >= 4 is 23.6 Å². The maximum atomic E-state index is 13.5. The van der Waals surface area contributed by atoms with Crippen LogP contribution in [0.4, 0.5) is 10.5 Å². The highest BCUT2D eigenvalue weighted by atomic mass is 16.6. The number of carbonyl (C=O) groups excluding carboxylic acids is 3. The van der Waals surface area contributed by atoms with E-state index in [9.17, 15) is 14.4 Å². The number of fused-ring (bicyclic) bond motifs is 1. The molecule has 0 saturated carbocycles. The molecule has 9 heteroatoms. The van der Waals surface area contributed by atoms with Gasteiger partial charge in [0.2, 0.25) is 0 Å². The number of aromatic nitrogens is 1. The molecule has 1 aromatic carbocycles. The van der Waals surface area contributed by atoms with Gasteiger partial charge in [-0.05, 0) is 58.9 Å². The standard InChI is InChI=1S/C27H36N4O5/c1-17(2)31-15-18(3)22(16-30(7)26(34)36-27(4,5)6)35-23-20(25(31)33)9-8-10-21(23)29-24(32)19-11-13-28-14-12-19/h8-14,17-18,22H,15-16H2,1-7H3,(H,29,32)/t18-,22+/m0/s1. The minimum atomic E-state index is -0.628. The molecule has 3 amide bonds. The molecule has 0 aliphatic carbocycles. The molecule has 1 aliphatic rings. The maximum absolute atomic E-state index is 13.5. The Bertz CT molecular complexity index is 1100. The van der Waals surface area contributed by atoms with Crippen molar-refractivity contribution in [2.45, 2.75) is 59.3 Å². The van der Waals surface area contributed by atoms with Gasteiger partial charge in [-0.15, -0.1) is 0 Å². The lowest BCUT2D eigenvalue weighted by Gasteiger charge is -2.38. The zero-order valence-electron chi connectivity index (χ0n) is 22.1. The lowest BCUT2D eigenvalue weighted by molar-refractivity contribution is 0.0131. The van der Waals surface area contributed by atoms with Crippen LogP contribution < -0.4 is 10.1 Å². The minimum Gasteiger partial charge on any atom is -0.485 e. The number of hydrogen-bond donors (Lipinski definition) is 1. The van der Waals surface area contributed by atoms with Crippen LogP contribution in [0.2, 0.25) is 0 Å². The Morgan fingerprint density at radius 2 is 1.89 bits per heavy atom. The van der Waals surface area contributed by atoms with Crippen LogP contribution in [0.1, 0.15) is 62.3 Å². The van der Waals surface area contributed by atoms with Gasteiger partial charge in [0.05, 0.1) is 17.8 Å². The molecule has 0 saturated heterocycles. The predicted molar refractivity (Wildman–Crippen MR) is 137 cm³/mol. The van der Waals surface area contributed by atoms with Crippen molar-refractivity contribution in [1.29, 1.82) is 0 Å². The van der Waals surface area contributed by atoms with Crippen LogP contribution >= 0.6 is 0 Å². The van der Waals surface area contributed by atoms with Gasteiger partial charge in [0.1, 0.15) is 11.7 Å². The van der Waals surface area contributed by atoms with E-state index < -0.39 is 17.8 Å². The second-order valence-electron chi connectivity index (χ2n) is 10.4. The average Bonchev–Trinajstić information content (AvgIpc) is 2.80. The van der Waals surface area contributed by atoms with E-state index >= 15 is 0 Å². The molecule has 3 rings (SSSR count). The van der Waals surface area contributed by atoms with Crippen LogP contribution in [0, 0.1) is 5.92 Å². The monoisotopic (exact) mass is 496 g/mol. The highest BCUT2D eigenvalue weighted by molar-refractivity contribution is 6.07. The smallest absolute Gasteiger partial charge is 0.410 e. The van der Waals surface area contributed by atoms with Crippen LogP contribution in [0.25, 0.3) is 0 Å². The largest absolute Gasteiger partial charge is 0.485 e. The lowest BCUT2D eigenvalue weighted by Crippen LogP contribution is -2.49. The fraction of sp³-hybridized carbons (Fsp3) is 0.481. The first-order valence-corrected chi connectivity index (χ1v) is 12.1. The van der Waals surface area contributed by atoms with Crippen molar-refractivity contribution < 1.29 is 23.9 Å². The Morgan fingerprint density at radius 3 is 2.50 bits per heavy atom. The second-order valence-corrected chi connectivity index (χ2v) is 10.4. The molecule has 1 aliphatic heterocycles. The fourth-order valence-corrected chi connectivity index (χ4v) is 3.91. The number of nitrogens with one attached hydrogen (secondary N) is 1. The molecule has 36 heavy (non-hydrogen) atoms. The topological polar surface area (TPSA) is 101 Å².